The van der Waals surface area contributed by atoms with Gasteiger partial charge in [0.15, 0.2) is 0 Å². The number of carbonyl (C=O) groups is 3. The van der Waals surface area contributed by atoms with Crippen molar-refractivity contribution in [1.29, 1.82) is 0 Å². The van der Waals surface area contributed by atoms with Gasteiger partial charge in [-0.15, -0.1) is 0 Å². The molecule has 0 spiro atoms. The van der Waals surface area contributed by atoms with Crippen LogP contribution in [-0.4, -0.2) is 39.8 Å². The Labute approximate surface area is 131 Å². The first-order chi connectivity index (χ1) is 10.9. The van der Waals surface area contributed by atoms with Gasteiger partial charge in [-0.25, -0.2) is 5.43 Å². The lowest BCUT2D eigenvalue weighted by Crippen LogP contribution is -2.34. The quantitative estimate of drug-likeness (QED) is 0.373. The molecule has 2 rings (SSSR count). The number of likely N-dealkylation sites (tertiary alicyclic amines) is 1. The van der Waals surface area contributed by atoms with Crippen molar-refractivity contribution in [3.63, 3.8) is 0 Å². The molecular weight excluding hydrogens is 304 g/mol. The number of benzene rings is 1. The highest BCUT2D eigenvalue weighted by molar-refractivity contribution is 6.05. The Morgan fingerprint density at radius 2 is 1.83 bits per heavy atom. The average Bonchev–Trinajstić information content (AvgIpc) is 2.84. The summed E-state index contributed by atoms with van der Waals surface area (Å²) in [5.74, 6) is -1.06. The molecule has 23 heavy (non-hydrogen) atoms. The van der Waals surface area contributed by atoms with Gasteiger partial charge >= 0.3 is 0 Å². The molecule has 0 atom stereocenters. The molecule has 1 aliphatic heterocycles. The number of rotatable bonds is 5. The average molecular weight is 318 g/mol. The van der Waals surface area contributed by atoms with Crippen LogP contribution in [0.2, 0.25) is 0 Å². The molecule has 0 radical (unpaired) electrons. The van der Waals surface area contributed by atoms with E-state index in [2.05, 4.69) is 10.5 Å². The minimum Gasteiger partial charge on any atom is -0.277 e. The standard InChI is InChI=1S/C14H14N4O5/c1-9(8-17-12(19)6-7-13(17)20)15-16-14(21)10-2-4-11(5-3-10)18(22)23/h2-5H,6-8H2,1H3,(H,16,21). The molecule has 1 aromatic carbocycles. The number of amides is 3. The number of nitro groups is 1. The minimum absolute atomic E-state index is 0.0260. The molecule has 0 aromatic heterocycles. The number of hydrogen-bond donors (Lipinski definition) is 1. The molecule has 1 fully saturated rings. The zero-order chi connectivity index (χ0) is 17.0. The van der Waals surface area contributed by atoms with Gasteiger partial charge in [0.2, 0.25) is 11.8 Å². The maximum Gasteiger partial charge on any atom is 0.271 e. The summed E-state index contributed by atoms with van der Waals surface area (Å²) in [6, 6.07) is 5.05. The van der Waals surface area contributed by atoms with E-state index in [1.54, 1.807) is 6.92 Å². The van der Waals surface area contributed by atoms with Crippen molar-refractivity contribution in [2.75, 3.05) is 6.54 Å². The van der Waals surface area contributed by atoms with Gasteiger partial charge in [0.05, 0.1) is 17.2 Å². The van der Waals surface area contributed by atoms with Crippen molar-refractivity contribution < 1.29 is 19.3 Å². The fourth-order valence-electron chi connectivity index (χ4n) is 2.01. The lowest BCUT2D eigenvalue weighted by molar-refractivity contribution is -0.384. The summed E-state index contributed by atoms with van der Waals surface area (Å²) >= 11 is 0. The van der Waals surface area contributed by atoms with E-state index < -0.39 is 10.8 Å². The topological polar surface area (TPSA) is 122 Å². The van der Waals surface area contributed by atoms with E-state index in [1.807, 2.05) is 0 Å². The molecule has 3 amide bonds. The van der Waals surface area contributed by atoms with Gasteiger partial charge in [0.25, 0.3) is 11.6 Å². The molecule has 0 aliphatic carbocycles. The Hall–Kier alpha value is -3.10. The molecule has 1 aliphatic rings. The van der Waals surface area contributed by atoms with Gasteiger partial charge in [-0.3, -0.25) is 29.4 Å². The fourth-order valence-corrected chi connectivity index (χ4v) is 2.01. The highest BCUT2D eigenvalue weighted by atomic mass is 16.6. The third-order valence-corrected chi connectivity index (χ3v) is 3.23. The Kier molecular flexibility index (Phi) is 4.79. The fraction of sp³-hybridized carbons (Fsp3) is 0.286. The molecule has 0 bridgehead atoms. The largest absolute Gasteiger partial charge is 0.277 e. The summed E-state index contributed by atoms with van der Waals surface area (Å²) in [5.41, 5.74) is 2.76. The zero-order valence-electron chi connectivity index (χ0n) is 12.3. The predicted molar refractivity (Wildman–Crippen MR) is 79.6 cm³/mol. The second-order valence-electron chi connectivity index (χ2n) is 4.97. The van der Waals surface area contributed by atoms with Crippen molar-refractivity contribution in [1.82, 2.24) is 10.3 Å². The first-order valence-corrected chi connectivity index (χ1v) is 6.79. The number of non-ortho nitro benzene ring substituents is 1. The van der Waals surface area contributed by atoms with Crippen LogP contribution in [0.25, 0.3) is 0 Å². The van der Waals surface area contributed by atoms with Crippen LogP contribution in [0.5, 0.6) is 0 Å². The highest BCUT2D eigenvalue weighted by Gasteiger charge is 2.28. The third kappa shape index (κ3) is 3.96. The molecule has 120 valence electrons. The van der Waals surface area contributed by atoms with Crippen molar-refractivity contribution in [2.45, 2.75) is 19.8 Å². The Bertz CT molecular complexity index is 680. The minimum atomic E-state index is -0.561. The lowest BCUT2D eigenvalue weighted by atomic mass is 10.2. The summed E-state index contributed by atoms with van der Waals surface area (Å²) in [7, 11) is 0. The van der Waals surface area contributed by atoms with Gasteiger partial charge in [-0.05, 0) is 19.1 Å². The van der Waals surface area contributed by atoms with E-state index in [4.69, 9.17) is 0 Å². The van der Waals surface area contributed by atoms with Gasteiger partial charge in [0, 0.05) is 30.5 Å². The summed E-state index contributed by atoms with van der Waals surface area (Å²) in [6.45, 7) is 1.60. The molecule has 1 N–H and O–H groups in total. The van der Waals surface area contributed by atoms with Gasteiger partial charge in [-0.1, -0.05) is 0 Å². The van der Waals surface area contributed by atoms with Crippen LogP contribution in [0, 0.1) is 10.1 Å². The van der Waals surface area contributed by atoms with E-state index in [1.165, 1.54) is 24.3 Å². The van der Waals surface area contributed by atoms with Crippen LogP contribution < -0.4 is 5.43 Å². The van der Waals surface area contributed by atoms with Crippen LogP contribution in [0.1, 0.15) is 30.1 Å². The Morgan fingerprint density at radius 3 is 2.35 bits per heavy atom. The molecule has 0 saturated carbocycles. The lowest BCUT2D eigenvalue weighted by Gasteiger charge is -2.13. The molecule has 0 unspecified atom stereocenters. The van der Waals surface area contributed by atoms with Crippen molar-refractivity contribution >= 4 is 29.1 Å². The molecule has 9 heteroatoms. The summed E-state index contributed by atoms with van der Waals surface area (Å²) in [4.78, 5) is 45.9. The number of nitrogens with zero attached hydrogens (tertiary/aromatic N) is 3. The van der Waals surface area contributed by atoms with Crippen LogP contribution >= 0.6 is 0 Å². The normalized spacial score (nSPS) is 15.0. The summed E-state index contributed by atoms with van der Waals surface area (Å²) in [5, 5.41) is 14.4. The van der Waals surface area contributed by atoms with Crippen molar-refractivity contribution in [3.05, 3.63) is 39.9 Å². The van der Waals surface area contributed by atoms with Crippen LogP contribution in [0.4, 0.5) is 5.69 Å². The van der Waals surface area contributed by atoms with Crippen LogP contribution in [0.3, 0.4) is 0 Å². The molecular formula is C14H14N4O5. The van der Waals surface area contributed by atoms with Gasteiger partial charge in [0.1, 0.15) is 0 Å². The molecule has 9 nitrogen and oxygen atoms in total. The number of hydrogen-bond acceptors (Lipinski definition) is 6. The zero-order valence-corrected chi connectivity index (χ0v) is 12.3. The van der Waals surface area contributed by atoms with Crippen LogP contribution in [-0.2, 0) is 9.59 Å². The number of carbonyl (C=O) groups excluding carboxylic acids is 3. The smallest absolute Gasteiger partial charge is 0.271 e. The summed E-state index contributed by atoms with van der Waals surface area (Å²) in [6.07, 6.45) is 0.391. The SMILES string of the molecule is CC(CN1C(=O)CCC1=O)=NNC(=O)c1ccc([N+](=O)[O-])cc1. The first-order valence-electron chi connectivity index (χ1n) is 6.79. The van der Waals surface area contributed by atoms with E-state index in [0.717, 1.165) is 4.90 Å². The van der Waals surface area contributed by atoms with Crippen molar-refractivity contribution in [3.8, 4) is 0 Å². The maximum absolute atomic E-state index is 11.9. The van der Waals surface area contributed by atoms with Crippen LogP contribution in [0.15, 0.2) is 29.4 Å². The number of nitro benzene ring substituents is 1. The Balaban J connectivity index is 1.95. The van der Waals surface area contributed by atoms with Gasteiger partial charge < -0.3 is 0 Å². The molecule has 1 aromatic rings. The van der Waals surface area contributed by atoms with E-state index in [-0.39, 0.29) is 42.5 Å². The highest BCUT2D eigenvalue weighted by Crippen LogP contribution is 2.12. The predicted octanol–water partition coefficient (Wildman–Crippen LogP) is 0.849. The van der Waals surface area contributed by atoms with E-state index >= 15 is 0 Å². The maximum atomic E-state index is 11.9. The first kappa shape index (κ1) is 16.3. The number of imide groups is 1. The van der Waals surface area contributed by atoms with E-state index in [9.17, 15) is 24.5 Å². The second kappa shape index (κ2) is 6.77. The van der Waals surface area contributed by atoms with Gasteiger partial charge in [-0.2, -0.15) is 5.10 Å². The Morgan fingerprint density at radius 1 is 1.26 bits per heavy atom. The number of hydrazone groups is 1. The summed E-state index contributed by atoms with van der Waals surface area (Å²) < 4.78 is 0. The number of nitrogens with one attached hydrogen (secondary N) is 1. The second-order valence-corrected chi connectivity index (χ2v) is 4.97. The monoisotopic (exact) mass is 318 g/mol. The molecule has 1 saturated heterocycles. The van der Waals surface area contributed by atoms with E-state index in [0.29, 0.717) is 5.71 Å². The third-order valence-electron chi connectivity index (χ3n) is 3.23. The van der Waals surface area contributed by atoms with Crippen molar-refractivity contribution in [2.24, 2.45) is 5.10 Å². The molecule has 1 heterocycles.